The Morgan fingerprint density at radius 2 is 1.55 bits per heavy atom. The third-order valence-corrected chi connectivity index (χ3v) is 7.84. The van der Waals surface area contributed by atoms with E-state index in [0.29, 0.717) is 31.1 Å². The average molecular weight is 416 g/mol. The van der Waals surface area contributed by atoms with E-state index in [0.717, 1.165) is 36.0 Å². The molecule has 2 saturated heterocycles. The fourth-order valence-corrected chi connectivity index (χ4v) is 5.45. The van der Waals surface area contributed by atoms with Gasteiger partial charge in [-0.2, -0.15) is 9.29 Å². The first-order chi connectivity index (χ1) is 13.9. The molecule has 29 heavy (non-hydrogen) atoms. The van der Waals surface area contributed by atoms with E-state index in [-0.39, 0.29) is 0 Å². The predicted molar refractivity (Wildman–Crippen MR) is 115 cm³/mol. The quantitative estimate of drug-likeness (QED) is 0.765. The van der Waals surface area contributed by atoms with Crippen molar-refractivity contribution in [1.82, 2.24) is 14.3 Å². The van der Waals surface area contributed by atoms with Crippen LogP contribution in [0.3, 0.4) is 0 Å². The lowest BCUT2D eigenvalue weighted by Crippen LogP contribution is -2.49. The van der Waals surface area contributed by atoms with E-state index in [9.17, 15) is 8.42 Å². The van der Waals surface area contributed by atoms with Crippen molar-refractivity contribution in [2.45, 2.75) is 38.0 Å². The van der Waals surface area contributed by atoms with Crippen LogP contribution in [0.2, 0.25) is 0 Å². The summed E-state index contributed by atoms with van der Waals surface area (Å²) in [5, 5.41) is 0. The van der Waals surface area contributed by atoms with Crippen LogP contribution in [0.25, 0.3) is 0 Å². The van der Waals surface area contributed by atoms with Crippen molar-refractivity contribution in [3.63, 3.8) is 0 Å². The zero-order valence-electron chi connectivity index (χ0n) is 17.2. The summed E-state index contributed by atoms with van der Waals surface area (Å²) in [6, 6.07) is 7.27. The van der Waals surface area contributed by atoms with Crippen LogP contribution in [0.4, 0.5) is 11.8 Å². The molecule has 0 saturated carbocycles. The number of aromatic nitrogens is 2. The van der Waals surface area contributed by atoms with Gasteiger partial charge in [0.25, 0.3) is 0 Å². The number of nitrogens with zero attached hydrogens (tertiary/aromatic N) is 5. The summed E-state index contributed by atoms with van der Waals surface area (Å²) in [6.07, 6.45) is 5.45. The normalized spacial score (nSPS) is 18.8. The van der Waals surface area contributed by atoms with Crippen LogP contribution >= 0.6 is 0 Å². The molecule has 4 rings (SSSR count). The fourth-order valence-electron chi connectivity index (χ4n) is 3.94. The molecule has 7 nitrogen and oxygen atoms in total. The lowest BCUT2D eigenvalue weighted by molar-refractivity contribution is 0.383. The second kappa shape index (κ2) is 8.28. The van der Waals surface area contributed by atoms with Crippen molar-refractivity contribution >= 4 is 21.8 Å². The largest absolute Gasteiger partial charge is 0.354 e. The standard InChI is InChI=1S/C21H29N5O2S/c1-17-6-7-19(16-18(17)2)29(27,28)26-14-12-24(13-15-26)20-8-9-22-21(23-20)25-10-4-3-5-11-25/h6-9,16H,3-5,10-15H2,1-2H3. The Balaban J connectivity index is 1.44. The van der Waals surface area contributed by atoms with E-state index >= 15 is 0 Å². The van der Waals surface area contributed by atoms with Gasteiger partial charge in [-0.3, -0.25) is 0 Å². The number of piperidine rings is 1. The Bertz CT molecular complexity index is 965. The zero-order chi connectivity index (χ0) is 20.4. The number of benzene rings is 1. The number of hydrogen-bond acceptors (Lipinski definition) is 6. The number of aryl methyl sites for hydroxylation is 2. The summed E-state index contributed by atoms with van der Waals surface area (Å²) in [5.74, 6) is 1.66. The predicted octanol–water partition coefficient (Wildman–Crippen LogP) is 2.59. The first-order valence-corrected chi connectivity index (χ1v) is 11.8. The van der Waals surface area contributed by atoms with Gasteiger partial charge in [0.1, 0.15) is 5.82 Å². The molecule has 2 fully saturated rings. The SMILES string of the molecule is Cc1ccc(S(=O)(=O)N2CCN(c3ccnc(N4CCCCC4)n3)CC2)cc1C. The summed E-state index contributed by atoms with van der Waals surface area (Å²) >= 11 is 0. The highest BCUT2D eigenvalue weighted by molar-refractivity contribution is 7.89. The van der Waals surface area contributed by atoms with Gasteiger partial charge < -0.3 is 9.80 Å². The van der Waals surface area contributed by atoms with Gasteiger partial charge in [0.2, 0.25) is 16.0 Å². The Labute approximate surface area is 173 Å². The Hall–Kier alpha value is -2.19. The van der Waals surface area contributed by atoms with Crippen molar-refractivity contribution in [3.05, 3.63) is 41.6 Å². The third kappa shape index (κ3) is 4.23. The van der Waals surface area contributed by atoms with E-state index in [4.69, 9.17) is 4.98 Å². The van der Waals surface area contributed by atoms with Crippen molar-refractivity contribution in [1.29, 1.82) is 0 Å². The summed E-state index contributed by atoms with van der Waals surface area (Å²) in [5.41, 5.74) is 2.10. The smallest absolute Gasteiger partial charge is 0.243 e. The lowest BCUT2D eigenvalue weighted by Gasteiger charge is -2.35. The minimum atomic E-state index is -3.47. The highest BCUT2D eigenvalue weighted by Gasteiger charge is 2.29. The molecule has 8 heteroatoms. The maximum atomic E-state index is 13.0. The van der Waals surface area contributed by atoms with Gasteiger partial charge in [-0.15, -0.1) is 0 Å². The molecule has 2 aliphatic rings. The summed E-state index contributed by atoms with van der Waals surface area (Å²) in [7, 11) is -3.47. The molecular formula is C21H29N5O2S. The molecule has 156 valence electrons. The summed E-state index contributed by atoms with van der Waals surface area (Å²) in [6.45, 7) is 8.11. The maximum absolute atomic E-state index is 13.0. The molecule has 2 aliphatic heterocycles. The van der Waals surface area contributed by atoms with E-state index in [1.54, 1.807) is 16.4 Å². The molecule has 0 atom stereocenters. The number of hydrogen-bond donors (Lipinski definition) is 0. The number of sulfonamides is 1. The lowest BCUT2D eigenvalue weighted by atomic mass is 10.1. The van der Waals surface area contributed by atoms with Crippen LogP contribution in [0.1, 0.15) is 30.4 Å². The highest BCUT2D eigenvalue weighted by atomic mass is 32.2. The van der Waals surface area contributed by atoms with Crippen LogP contribution in [-0.4, -0.2) is 62.0 Å². The first kappa shape index (κ1) is 20.1. The molecule has 0 aliphatic carbocycles. The molecule has 3 heterocycles. The van der Waals surface area contributed by atoms with Gasteiger partial charge in [-0.25, -0.2) is 13.4 Å². The molecule has 0 spiro atoms. The number of anilines is 2. The molecule has 0 unspecified atom stereocenters. The van der Waals surface area contributed by atoms with Crippen molar-refractivity contribution < 1.29 is 8.42 Å². The van der Waals surface area contributed by atoms with Crippen LogP contribution in [0.15, 0.2) is 35.4 Å². The molecule has 1 aromatic heterocycles. The second-order valence-electron chi connectivity index (χ2n) is 7.90. The van der Waals surface area contributed by atoms with Gasteiger partial charge in [0.05, 0.1) is 4.90 Å². The number of piperazine rings is 1. The van der Waals surface area contributed by atoms with Gasteiger partial charge >= 0.3 is 0 Å². The summed E-state index contributed by atoms with van der Waals surface area (Å²) in [4.78, 5) is 14.0. The molecule has 2 aromatic rings. The minimum Gasteiger partial charge on any atom is -0.354 e. The Kier molecular flexibility index (Phi) is 5.74. The minimum absolute atomic E-state index is 0.378. The first-order valence-electron chi connectivity index (χ1n) is 10.4. The topological polar surface area (TPSA) is 69.6 Å². The van der Waals surface area contributed by atoms with Crippen LogP contribution in [0.5, 0.6) is 0 Å². The number of rotatable bonds is 4. The molecule has 0 bridgehead atoms. The molecule has 0 N–H and O–H groups in total. The fraction of sp³-hybridized carbons (Fsp3) is 0.524. The van der Waals surface area contributed by atoms with Gasteiger partial charge in [-0.1, -0.05) is 6.07 Å². The van der Waals surface area contributed by atoms with Gasteiger partial charge in [0, 0.05) is 45.5 Å². The maximum Gasteiger partial charge on any atom is 0.243 e. The average Bonchev–Trinajstić information content (AvgIpc) is 2.76. The van der Waals surface area contributed by atoms with Crippen molar-refractivity contribution in [2.75, 3.05) is 49.1 Å². The zero-order valence-corrected chi connectivity index (χ0v) is 18.0. The monoisotopic (exact) mass is 415 g/mol. The van der Waals surface area contributed by atoms with E-state index in [1.165, 1.54) is 19.3 Å². The highest BCUT2D eigenvalue weighted by Crippen LogP contribution is 2.23. The Morgan fingerprint density at radius 1 is 0.828 bits per heavy atom. The summed E-state index contributed by atoms with van der Waals surface area (Å²) < 4.78 is 27.6. The van der Waals surface area contributed by atoms with E-state index in [2.05, 4.69) is 14.8 Å². The van der Waals surface area contributed by atoms with Gasteiger partial charge in [-0.05, 0) is 62.4 Å². The van der Waals surface area contributed by atoms with Gasteiger partial charge in [0.15, 0.2) is 0 Å². The van der Waals surface area contributed by atoms with Crippen LogP contribution in [-0.2, 0) is 10.0 Å². The van der Waals surface area contributed by atoms with Crippen LogP contribution < -0.4 is 9.80 Å². The van der Waals surface area contributed by atoms with Crippen molar-refractivity contribution in [3.8, 4) is 0 Å². The van der Waals surface area contributed by atoms with Crippen molar-refractivity contribution in [2.24, 2.45) is 0 Å². The van der Waals surface area contributed by atoms with E-state index < -0.39 is 10.0 Å². The van der Waals surface area contributed by atoms with E-state index in [1.807, 2.05) is 32.2 Å². The molecule has 0 radical (unpaired) electrons. The molecule has 0 amide bonds. The third-order valence-electron chi connectivity index (χ3n) is 5.95. The molecule has 1 aromatic carbocycles. The van der Waals surface area contributed by atoms with Crippen LogP contribution in [0, 0.1) is 13.8 Å². The molecular weight excluding hydrogens is 386 g/mol. The second-order valence-corrected chi connectivity index (χ2v) is 9.84. The Morgan fingerprint density at radius 3 is 2.24 bits per heavy atom.